The Hall–Kier alpha value is -3.06. The van der Waals surface area contributed by atoms with Gasteiger partial charge in [0.2, 0.25) is 0 Å². The first-order valence-electron chi connectivity index (χ1n) is 9.09. The smallest absolute Gasteiger partial charge is 0.313 e. The van der Waals surface area contributed by atoms with Gasteiger partial charge in [-0.15, -0.1) is 0 Å². The number of anilines is 1. The Kier molecular flexibility index (Phi) is 5.84. The molecule has 1 aliphatic carbocycles. The topological polar surface area (TPSA) is 96.9 Å². The number of aliphatic hydroxyl groups is 1. The lowest BCUT2D eigenvalue weighted by Gasteiger charge is -2.34. The van der Waals surface area contributed by atoms with Gasteiger partial charge in [0.1, 0.15) is 17.1 Å². The van der Waals surface area contributed by atoms with Crippen LogP contribution in [0.2, 0.25) is 0 Å². The molecule has 0 bridgehead atoms. The maximum absolute atomic E-state index is 12.2. The number of carbonyl (C=O) groups is 2. The Bertz CT molecular complexity index is 883. The van der Waals surface area contributed by atoms with Crippen LogP contribution in [0.1, 0.15) is 24.0 Å². The number of ether oxygens (including phenoxy) is 2. The molecule has 1 unspecified atom stereocenters. The molecule has 3 N–H and O–H groups in total. The summed E-state index contributed by atoms with van der Waals surface area (Å²) in [4.78, 5) is 24.5. The third-order valence-corrected chi connectivity index (χ3v) is 4.95. The zero-order valence-corrected chi connectivity index (χ0v) is 16.0. The second kappa shape index (κ2) is 8.31. The zero-order chi connectivity index (χ0) is 20.1. The van der Waals surface area contributed by atoms with E-state index in [1.807, 2.05) is 12.1 Å². The largest absolute Gasteiger partial charge is 0.497 e. The standard InChI is InChI=1S/C21H24N2O5/c1-27-15-9-10-16-14(12-15)6-5-11-21(16,26)13-22-19(24)20(25)23-17-7-3-4-8-18(17)28-2/h3-4,7-10,12,26H,5-6,11,13H2,1-2H3,(H,22,24)(H,23,25). The molecule has 0 radical (unpaired) electrons. The minimum Gasteiger partial charge on any atom is -0.497 e. The number of rotatable bonds is 5. The fourth-order valence-electron chi connectivity index (χ4n) is 3.48. The summed E-state index contributed by atoms with van der Waals surface area (Å²) in [5.74, 6) is -0.459. The summed E-state index contributed by atoms with van der Waals surface area (Å²) < 4.78 is 10.4. The minimum atomic E-state index is -1.22. The van der Waals surface area contributed by atoms with Gasteiger partial charge in [-0.05, 0) is 54.7 Å². The summed E-state index contributed by atoms with van der Waals surface area (Å²) in [6.07, 6.45) is 2.11. The van der Waals surface area contributed by atoms with Crippen LogP contribution in [0, 0.1) is 0 Å². The molecule has 1 atom stereocenters. The van der Waals surface area contributed by atoms with Crippen LogP contribution in [0.25, 0.3) is 0 Å². The van der Waals surface area contributed by atoms with Gasteiger partial charge in [-0.1, -0.05) is 18.2 Å². The maximum Gasteiger partial charge on any atom is 0.313 e. The molecule has 0 aromatic heterocycles. The Balaban J connectivity index is 1.67. The lowest BCUT2D eigenvalue weighted by molar-refractivity contribution is -0.137. The first kappa shape index (κ1) is 19.7. The van der Waals surface area contributed by atoms with Crippen molar-refractivity contribution in [3.05, 3.63) is 53.6 Å². The zero-order valence-electron chi connectivity index (χ0n) is 16.0. The first-order valence-corrected chi connectivity index (χ1v) is 9.09. The number of methoxy groups -OCH3 is 2. The normalized spacial score (nSPS) is 18.0. The van der Waals surface area contributed by atoms with Gasteiger partial charge in [-0.2, -0.15) is 0 Å². The van der Waals surface area contributed by atoms with Crippen molar-refractivity contribution >= 4 is 17.5 Å². The summed E-state index contributed by atoms with van der Waals surface area (Å²) >= 11 is 0. The van der Waals surface area contributed by atoms with Gasteiger partial charge >= 0.3 is 11.8 Å². The molecule has 0 fully saturated rings. The van der Waals surface area contributed by atoms with Crippen molar-refractivity contribution in [2.75, 3.05) is 26.1 Å². The number of para-hydroxylation sites is 2. The van der Waals surface area contributed by atoms with E-state index >= 15 is 0 Å². The van der Waals surface area contributed by atoms with Gasteiger partial charge in [0.05, 0.1) is 26.5 Å². The highest BCUT2D eigenvalue weighted by Gasteiger charge is 2.35. The van der Waals surface area contributed by atoms with E-state index in [4.69, 9.17) is 9.47 Å². The predicted molar refractivity (Wildman–Crippen MR) is 104 cm³/mol. The first-order chi connectivity index (χ1) is 13.5. The highest BCUT2D eigenvalue weighted by atomic mass is 16.5. The van der Waals surface area contributed by atoms with E-state index in [1.54, 1.807) is 37.4 Å². The van der Waals surface area contributed by atoms with E-state index in [-0.39, 0.29) is 6.54 Å². The highest BCUT2D eigenvalue weighted by molar-refractivity contribution is 6.39. The second-order valence-electron chi connectivity index (χ2n) is 6.75. The summed E-state index contributed by atoms with van der Waals surface area (Å²) in [5.41, 5.74) is 0.921. The molecule has 2 amide bonds. The quantitative estimate of drug-likeness (QED) is 0.685. The lowest BCUT2D eigenvalue weighted by atomic mass is 9.79. The van der Waals surface area contributed by atoms with Gasteiger partial charge in [-0.25, -0.2) is 0 Å². The Labute approximate surface area is 163 Å². The molecule has 7 nitrogen and oxygen atoms in total. The molecule has 3 rings (SSSR count). The van der Waals surface area contributed by atoms with Crippen LogP contribution < -0.4 is 20.1 Å². The van der Waals surface area contributed by atoms with E-state index in [9.17, 15) is 14.7 Å². The fraction of sp³-hybridized carbons (Fsp3) is 0.333. The van der Waals surface area contributed by atoms with Crippen molar-refractivity contribution in [1.29, 1.82) is 0 Å². The molecule has 28 heavy (non-hydrogen) atoms. The van der Waals surface area contributed by atoms with Crippen molar-refractivity contribution in [3.8, 4) is 11.5 Å². The Morgan fingerprint density at radius 2 is 1.89 bits per heavy atom. The number of benzene rings is 2. The van der Waals surface area contributed by atoms with Crippen LogP contribution in [0.5, 0.6) is 11.5 Å². The van der Waals surface area contributed by atoms with Gasteiger partial charge in [0.25, 0.3) is 0 Å². The summed E-state index contributed by atoms with van der Waals surface area (Å²) in [6, 6.07) is 12.3. The Morgan fingerprint density at radius 1 is 1.11 bits per heavy atom. The van der Waals surface area contributed by atoms with Crippen LogP contribution in [0.4, 0.5) is 5.69 Å². The number of amides is 2. The molecule has 0 aliphatic heterocycles. The second-order valence-corrected chi connectivity index (χ2v) is 6.75. The molecule has 0 saturated heterocycles. The van der Waals surface area contributed by atoms with Gasteiger partial charge in [-0.3, -0.25) is 9.59 Å². The van der Waals surface area contributed by atoms with Crippen molar-refractivity contribution in [2.45, 2.75) is 24.9 Å². The monoisotopic (exact) mass is 384 g/mol. The van der Waals surface area contributed by atoms with Crippen molar-refractivity contribution < 1.29 is 24.2 Å². The Morgan fingerprint density at radius 3 is 2.64 bits per heavy atom. The summed E-state index contributed by atoms with van der Waals surface area (Å²) in [5, 5.41) is 16.2. The van der Waals surface area contributed by atoms with Crippen molar-refractivity contribution in [1.82, 2.24) is 5.32 Å². The van der Waals surface area contributed by atoms with E-state index in [2.05, 4.69) is 10.6 Å². The third-order valence-electron chi connectivity index (χ3n) is 4.95. The van der Waals surface area contributed by atoms with E-state index < -0.39 is 17.4 Å². The van der Waals surface area contributed by atoms with Crippen LogP contribution in [0.15, 0.2) is 42.5 Å². The van der Waals surface area contributed by atoms with E-state index in [0.29, 0.717) is 17.9 Å². The summed E-state index contributed by atoms with van der Waals surface area (Å²) in [6.45, 7) is -0.0511. The SMILES string of the molecule is COc1ccc2c(c1)CCCC2(O)CNC(=O)C(=O)Nc1ccccc1OC. The fourth-order valence-corrected chi connectivity index (χ4v) is 3.48. The number of aryl methyl sites for hydroxylation is 1. The van der Waals surface area contributed by atoms with Crippen LogP contribution in [-0.2, 0) is 21.6 Å². The average Bonchev–Trinajstić information content (AvgIpc) is 2.72. The molecule has 2 aromatic rings. The average molecular weight is 384 g/mol. The molecule has 0 heterocycles. The molecule has 148 valence electrons. The van der Waals surface area contributed by atoms with Crippen LogP contribution in [0.3, 0.4) is 0 Å². The molecule has 0 saturated carbocycles. The van der Waals surface area contributed by atoms with Crippen molar-refractivity contribution in [3.63, 3.8) is 0 Å². The molecular formula is C21H24N2O5. The summed E-state index contributed by atoms with van der Waals surface area (Å²) in [7, 11) is 3.08. The van der Waals surface area contributed by atoms with E-state index in [0.717, 1.165) is 29.7 Å². The number of hydrogen-bond acceptors (Lipinski definition) is 5. The lowest BCUT2D eigenvalue weighted by Crippen LogP contribution is -2.46. The molecule has 2 aromatic carbocycles. The predicted octanol–water partition coefficient (Wildman–Crippen LogP) is 1.98. The van der Waals surface area contributed by atoms with Gasteiger partial charge in [0, 0.05) is 0 Å². The number of hydrogen-bond donors (Lipinski definition) is 3. The van der Waals surface area contributed by atoms with Gasteiger partial charge < -0.3 is 25.2 Å². The number of nitrogens with one attached hydrogen (secondary N) is 2. The van der Waals surface area contributed by atoms with Crippen LogP contribution in [-0.4, -0.2) is 37.7 Å². The number of carbonyl (C=O) groups excluding carboxylic acids is 2. The highest BCUT2D eigenvalue weighted by Crippen LogP contribution is 2.36. The van der Waals surface area contributed by atoms with Gasteiger partial charge in [0.15, 0.2) is 0 Å². The maximum atomic E-state index is 12.2. The molecule has 7 heteroatoms. The van der Waals surface area contributed by atoms with Crippen LogP contribution >= 0.6 is 0 Å². The van der Waals surface area contributed by atoms with Crippen molar-refractivity contribution in [2.24, 2.45) is 0 Å². The number of fused-ring (bicyclic) bond motifs is 1. The minimum absolute atomic E-state index is 0.0511. The van der Waals surface area contributed by atoms with E-state index in [1.165, 1.54) is 7.11 Å². The molecule has 0 spiro atoms. The molecular weight excluding hydrogens is 360 g/mol. The third kappa shape index (κ3) is 4.09. The molecule has 1 aliphatic rings.